The first-order chi connectivity index (χ1) is 6.86. The molecule has 1 aromatic rings. The van der Waals surface area contributed by atoms with E-state index in [1.54, 1.807) is 11.1 Å². The van der Waals surface area contributed by atoms with Crippen LogP contribution in [0.3, 0.4) is 0 Å². The lowest BCUT2D eigenvalue weighted by atomic mass is 10.0. The molecular weight excluding hydrogens is 168 g/mol. The molecule has 0 spiro atoms. The van der Waals surface area contributed by atoms with Crippen molar-refractivity contribution >= 4 is 5.57 Å². The van der Waals surface area contributed by atoms with Crippen molar-refractivity contribution < 1.29 is 0 Å². The van der Waals surface area contributed by atoms with E-state index in [2.05, 4.69) is 38.1 Å². The quantitative estimate of drug-likeness (QED) is 0.663. The van der Waals surface area contributed by atoms with Gasteiger partial charge in [0.25, 0.3) is 0 Å². The fraction of sp³-hybridized carbons (Fsp3) is 0.429. The van der Waals surface area contributed by atoms with E-state index in [-0.39, 0.29) is 0 Å². The second-order valence-electron chi connectivity index (χ2n) is 4.02. The lowest BCUT2D eigenvalue weighted by Gasteiger charge is -2.04. The van der Waals surface area contributed by atoms with E-state index in [0.717, 1.165) is 0 Å². The molecule has 2 rings (SSSR count). The third-order valence-corrected chi connectivity index (χ3v) is 3.08. The number of rotatable bonds is 3. The molecule has 0 saturated heterocycles. The summed E-state index contributed by atoms with van der Waals surface area (Å²) in [5.74, 6) is 0. The van der Waals surface area contributed by atoms with Crippen LogP contribution in [0.5, 0.6) is 0 Å². The smallest absolute Gasteiger partial charge is 0.00550 e. The summed E-state index contributed by atoms with van der Waals surface area (Å²) in [6.07, 6.45) is 4.93. The van der Waals surface area contributed by atoms with Crippen molar-refractivity contribution in [1.29, 1.82) is 0 Å². The van der Waals surface area contributed by atoms with E-state index in [0.29, 0.717) is 0 Å². The molecule has 0 aromatic heterocycles. The molecule has 1 aromatic carbocycles. The van der Waals surface area contributed by atoms with Crippen molar-refractivity contribution in [1.82, 2.24) is 0 Å². The second-order valence-corrected chi connectivity index (χ2v) is 4.02. The van der Waals surface area contributed by atoms with Crippen molar-refractivity contribution in [3.63, 3.8) is 0 Å². The maximum atomic E-state index is 2.27. The summed E-state index contributed by atoms with van der Waals surface area (Å²) in [7, 11) is 0. The van der Waals surface area contributed by atoms with Crippen LogP contribution in [0.1, 0.15) is 44.2 Å². The van der Waals surface area contributed by atoms with Crippen LogP contribution in [0.15, 0.2) is 29.8 Å². The Hall–Kier alpha value is -1.04. The van der Waals surface area contributed by atoms with Crippen LogP contribution in [0.4, 0.5) is 0 Å². The summed E-state index contributed by atoms with van der Waals surface area (Å²) in [6, 6.07) is 8.86. The maximum Gasteiger partial charge on any atom is -0.00550 e. The van der Waals surface area contributed by atoms with E-state index in [1.807, 2.05) is 0 Å². The van der Waals surface area contributed by atoms with E-state index in [4.69, 9.17) is 0 Å². The maximum absolute atomic E-state index is 2.27. The van der Waals surface area contributed by atoms with Crippen molar-refractivity contribution in [2.45, 2.75) is 39.5 Å². The fourth-order valence-electron chi connectivity index (χ4n) is 2.48. The molecule has 0 radical (unpaired) electrons. The van der Waals surface area contributed by atoms with Gasteiger partial charge in [-0.05, 0) is 36.0 Å². The molecule has 0 nitrogen and oxygen atoms in total. The van der Waals surface area contributed by atoms with Gasteiger partial charge in [-0.1, -0.05) is 50.1 Å². The van der Waals surface area contributed by atoms with Gasteiger partial charge >= 0.3 is 0 Å². The van der Waals surface area contributed by atoms with Gasteiger partial charge in [-0.2, -0.15) is 0 Å². The molecule has 0 bridgehead atoms. The Morgan fingerprint density at radius 1 is 1.14 bits per heavy atom. The average Bonchev–Trinajstić information content (AvgIpc) is 2.55. The largest absolute Gasteiger partial charge is 0.0651 e. The molecule has 0 atom stereocenters. The molecule has 0 heterocycles. The first-order valence-electron chi connectivity index (χ1n) is 5.66. The first kappa shape index (κ1) is 9.51. The summed E-state index contributed by atoms with van der Waals surface area (Å²) < 4.78 is 0. The van der Waals surface area contributed by atoms with Gasteiger partial charge in [0.15, 0.2) is 0 Å². The second kappa shape index (κ2) is 4.00. The van der Waals surface area contributed by atoms with E-state index >= 15 is 0 Å². The lowest BCUT2D eigenvalue weighted by Crippen LogP contribution is -1.84. The molecule has 14 heavy (non-hydrogen) atoms. The Kier molecular flexibility index (Phi) is 2.72. The van der Waals surface area contributed by atoms with Gasteiger partial charge in [-0.3, -0.25) is 0 Å². The molecule has 1 aliphatic carbocycles. The van der Waals surface area contributed by atoms with Gasteiger partial charge in [-0.15, -0.1) is 0 Å². The van der Waals surface area contributed by atoms with E-state index < -0.39 is 0 Å². The van der Waals surface area contributed by atoms with E-state index in [1.165, 1.54) is 36.8 Å². The first-order valence-corrected chi connectivity index (χ1v) is 5.66. The molecule has 0 unspecified atom stereocenters. The van der Waals surface area contributed by atoms with Gasteiger partial charge < -0.3 is 0 Å². The van der Waals surface area contributed by atoms with Gasteiger partial charge in [0.2, 0.25) is 0 Å². The molecule has 0 heteroatoms. The lowest BCUT2D eigenvalue weighted by molar-refractivity contribution is 0.880. The Balaban J connectivity index is 2.38. The minimum Gasteiger partial charge on any atom is -0.0651 e. The third-order valence-electron chi connectivity index (χ3n) is 3.08. The standard InChI is InChI=1S/C14H18/c1-3-7-11-10-12-8-5-6-9-14(12)13(11)4-2/h5-6,8-9H,3-4,7,10H2,1-2H3. The Bertz CT molecular complexity index is 358. The van der Waals surface area contributed by atoms with E-state index in [9.17, 15) is 0 Å². The van der Waals surface area contributed by atoms with Crippen LogP contribution in [-0.2, 0) is 6.42 Å². The minimum absolute atomic E-state index is 1.19. The number of hydrogen-bond acceptors (Lipinski definition) is 0. The molecule has 74 valence electrons. The van der Waals surface area contributed by atoms with Gasteiger partial charge in [0.1, 0.15) is 0 Å². The summed E-state index contributed by atoms with van der Waals surface area (Å²) in [5, 5.41) is 0. The van der Waals surface area contributed by atoms with Crippen LogP contribution in [0, 0.1) is 0 Å². The number of benzene rings is 1. The Morgan fingerprint density at radius 2 is 1.93 bits per heavy atom. The van der Waals surface area contributed by atoms with Gasteiger partial charge in [-0.25, -0.2) is 0 Å². The monoisotopic (exact) mass is 186 g/mol. The highest BCUT2D eigenvalue weighted by Gasteiger charge is 2.18. The normalized spacial score (nSPS) is 14.7. The number of fused-ring (bicyclic) bond motifs is 1. The summed E-state index contributed by atoms with van der Waals surface area (Å²) >= 11 is 0. The predicted octanol–water partition coefficient (Wildman–Crippen LogP) is 4.21. The van der Waals surface area contributed by atoms with Gasteiger partial charge in [0, 0.05) is 0 Å². The summed E-state index contributed by atoms with van der Waals surface area (Å²) in [6.45, 7) is 4.54. The zero-order valence-corrected chi connectivity index (χ0v) is 9.14. The highest BCUT2D eigenvalue weighted by Crippen LogP contribution is 2.36. The zero-order chi connectivity index (χ0) is 9.97. The highest BCUT2D eigenvalue weighted by atomic mass is 14.2. The van der Waals surface area contributed by atoms with Crippen molar-refractivity contribution in [2.75, 3.05) is 0 Å². The Morgan fingerprint density at radius 3 is 2.64 bits per heavy atom. The molecule has 0 amide bonds. The predicted molar refractivity (Wildman–Crippen MR) is 62.3 cm³/mol. The topological polar surface area (TPSA) is 0 Å². The molecule has 0 N–H and O–H groups in total. The Labute approximate surface area is 86.7 Å². The number of allylic oxidation sites excluding steroid dienone is 2. The van der Waals surface area contributed by atoms with Gasteiger partial charge in [0.05, 0.1) is 0 Å². The van der Waals surface area contributed by atoms with Crippen molar-refractivity contribution in [3.05, 3.63) is 41.0 Å². The summed E-state index contributed by atoms with van der Waals surface area (Å²) in [5.41, 5.74) is 6.34. The SMILES string of the molecule is CCCC1=C(CC)c2ccccc2C1. The molecule has 0 aliphatic heterocycles. The summed E-state index contributed by atoms with van der Waals surface area (Å²) in [4.78, 5) is 0. The van der Waals surface area contributed by atoms with Crippen LogP contribution in [0.25, 0.3) is 5.57 Å². The zero-order valence-electron chi connectivity index (χ0n) is 9.14. The van der Waals surface area contributed by atoms with Crippen LogP contribution < -0.4 is 0 Å². The highest BCUT2D eigenvalue weighted by molar-refractivity contribution is 5.76. The molecular formula is C14H18. The van der Waals surface area contributed by atoms with Crippen LogP contribution in [0.2, 0.25) is 0 Å². The van der Waals surface area contributed by atoms with Crippen LogP contribution >= 0.6 is 0 Å². The average molecular weight is 186 g/mol. The van der Waals surface area contributed by atoms with Crippen LogP contribution in [-0.4, -0.2) is 0 Å². The third kappa shape index (κ3) is 1.50. The molecule has 0 fully saturated rings. The number of hydrogen-bond donors (Lipinski definition) is 0. The fourth-order valence-corrected chi connectivity index (χ4v) is 2.48. The molecule has 0 saturated carbocycles. The van der Waals surface area contributed by atoms with Crippen molar-refractivity contribution in [3.8, 4) is 0 Å². The minimum atomic E-state index is 1.19. The molecule has 1 aliphatic rings. The van der Waals surface area contributed by atoms with Crippen molar-refractivity contribution in [2.24, 2.45) is 0 Å².